The molecule has 0 unspecified atom stereocenters. The third-order valence-corrected chi connectivity index (χ3v) is 26.0. The van der Waals surface area contributed by atoms with E-state index in [0.717, 1.165) is 40.5 Å². The number of hydrogen-bond acceptors (Lipinski definition) is 17. The van der Waals surface area contributed by atoms with Gasteiger partial charge in [0.2, 0.25) is 41.5 Å². The van der Waals surface area contributed by atoms with E-state index in [-0.39, 0.29) is 64.0 Å². The number of hydrogen-bond donors (Lipinski definition) is 5. The first-order chi connectivity index (χ1) is 70.6. The molecule has 8 amide bonds. The van der Waals surface area contributed by atoms with Crippen LogP contribution >= 0.6 is 0 Å². The van der Waals surface area contributed by atoms with E-state index in [1.54, 1.807) is 263 Å². The molecule has 10 aromatic carbocycles. The number of fused-ring (bicyclic) bond motifs is 4. The zero-order valence-corrected chi connectivity index (χ0v) is 82.1. The number of nitrogens with one attached hydrogen (secondary N) is 5. The molecule has 752 valence electrons. The average molecular weight is 2020 g/mol. The fraction of sp³-hybridized carbons (Fsp3) is 0.177. The van der Waals surface area contributed by atoms with Crippen LogP contribution in [0.15, 0.2) is 292 Å². The molecule has 10 heterocycles. The van der Waals surface area contributed by atoms with Gasteiger partial charge < -0.3 is 26.3 Å². The summed E-state index contributed by atoms with van der Waals surface area (Å²) in [6, 6.07) is 63.2. The predicted octanol–water partition coefficient (Wildman–Crippen LogP) is 24.9. The summed E-state index contributed by atoms with van der Waals surface area (Å²) in [5, 5.41) is 10.4. The van der Waals surface area contributed by atoms with Crippen molar-refractivity contribution in [3.05, 3.63) is 387 Å². The molecule has 26 nitrogen and oxygen atoms in total. The molecule has 0 fully saturated rings. The van der Waals surface area contributed by atoms with Gasteiger partial charge in [0.05, 0.1) is 102 Å². The van der Waals surface area contributed by atoms with Crippen molar-refractivity contribution in [2.24, 2.45) is 0 Å². The summed E-state index contributed by atoms with van der Waals surface area (Å²) in [4.78, 5) is 152. The van der Waals surface area contributed by atoms with Gasteiger partial charge in [0, 0.05) is 93.9 Å². The van der Waals surface area contributed by atoms with E-state index in [0.29, 0.717) is 113 Å². The molecule has 0 bridgehead atoms. The Balaban J connectivity index is 0.000000135. The van der Waals surface area contributed by atoms with Gasteiger partial charge in [-0.25, -0.2) is 59.0 Å². The highest BCUT2D eigenvalue weighted by atomic mass is 19.4. The van der Waals surface area contributed by atoms with Gasteiger partial charge in [-0.1, -0.05) is 138 Å². The maximum absolute atomic E-state index is 16.1. The van der Waals surface area contributed by atoms with Crippen molar-refractivity contribution >= 4 is 116 Å². The zero-order valence-electron chi connectivity index (χ0n) is 82.1. The van der Waals surface area contributed by atoms with Gasteiger partial charge >= 0.3 is 18.5 Å². The van der Waals surface area contributed by atoms with Crippen LogP contribution in [0.5, 0.6) is 0 Å². The molecule has 0 atom stereocenters. The molecule has 6 aromatic heterocycles. The summed E-state index contributed by atoms with van der Waals surface area (Å²) in [7, 11) is 0. The number of benzene rings is 10. The second kappa shape index (κ2) is 39.9. The lowest BCUT2D eigenvalue weighted by molar-refractivity contribution is -0.138. The van der Waals surface area contributed by atoms with Crippen LogP contribution in [0.1, 0.15) is 164 Å². The zero-order chi connectivity index (χ0) is 107. The van der Waals surface area contributed by atoms with E-state index < -0.39 is 103 Å². The van der Waals surface area contributed by atoms with Gasteiger partial charge in [0.1, 0.15) is 17.3 Å². The first kappa shape index (κ1) is 102. The topological polar surface area (TPSA) is 329 Å². The minimum atomic E-state index is -4.80. The molecule has 36 heteroatoms. The summed E-state index contributed by atoms with van der Waals surface area (Å²) in [6.07, 6.45) is -1.49. The minimum Gasteiger partial charge on any atom is -0.331 e. The van der Waals surface area contributed by atoms with Crippen LogP contribution in [0, 0.1) is 40.4 Å². The highest BCUT2D eigenvalue weighted by Gasteiger charge is 2.53. The van der Waals surface area contributed by atoms with Crippen LogP contribution in [0.4, 0.5) is 113 Å². The molecular weight excluding hydrogens is 1930 g/mol. The monoisotopic (exact) mass is 2020 g/mol. The van der Waals surface area contributed by atoms with E-state index in [1.165, 1.54) is 75.1 Å². The maximum atomic E-state index is 16.1. The SMILES string of the molecule is Cc1ccc(NC(=O)c2c(C)ccc(-c3cccc4c3C(C)(C)C(=O)N4c3ncccn3)c2F)cc1.Cc1ccc(NC(=O)c2cc(-c3cccc4c3C(C)(C)C(=O)N4c3cnc[nH]3)ccc2C(F)(F)F)cc1.Cc1ccc(NC(=O)c2cc(-c3cccc4c3C(C)(C)C(=O)N4c3ncccn3)ncc2C(F)(F)F)cc1.Cc1ccc(NC(=O)c2nc(-c3cccc4c3C(C)(C)C(=O)N4c3ncccn3)ccc2C(F)(F)F)cc1. The number of aromatic nitrogens is 10. The Morgan fingerprint density at radius 2 is 0.678 bits per heavy atom. The highest BCUT2D eigenvalue weighted by molar-refractivity contribution is 6.18. The largest absolute Gasteiger partial charge is 0.418 e. The smallest absolute Gasteiger partial charge is 0.331 e. The molecule has 4 aliphatic rings. The molecule has 5 N–H and O–H groups in total. The Morgan fingerprint density at radius 1 is 0.329 bits per heavy atom. The third-order valence-electron chi connectivity index (χ3n) is 26.0. The van der Waals surface area contributed by atoms with Crippen LogP contribution in [-0.2, 0) is 59.4 Å². The van der Waals surface area contributed by atoms with Gasteiger partial charge in [-0.15, -0.1) is 0 Å². The number of pyridine rings is 2. The number of rotatable bonds is 16. The van der Waals surface area contributed by atoms with Crippen molar-refractivity contribution in [3.63, 3.8) is 0 Å². The Bertz CT molecular complexity index is 7740. The number of aromatic amines is 1. The predicted molar refractivity (Wildman–Crippen MR) is 545 cm³/mol. The number of amides is 8. The van der Waals surface area contributed by atoms with Crippen LogP contribution in [-0.4, -0.2) is 97.1 Å². The number of H-pyrrole nitrogens is 1. The van der Waals surface area contributed by atoms with Gasteiger partial charge in [0.15, 0.2) is 0 Å². The average Bonchev–Trinajstić information content (AvgIpc) is 1.54. The summed E-state index contributed by atoms with van der Waals surface area (Å²) >= 11 is 0. The van der Waals surface area contributed by atoms with Crippen molar-refractivity contribution < 1.29 is 82.3 Å². The van der Waals surface area contributed by atoms with Crippen molar-refractivity contribution in [1.29, 1.82) is 0 Å². The standard InChI is InChI=1S/C29H25FN4O2.2C28H22F3N5O2.C28H23F3N4O2/c1-17-9-12-19(13-10-17)33-26(35)23-18(2)11-14-21(25(23)30)20-7-5-8-22-24(20)29(3,4)27(36)34(22)28-31-15-6-16-32-28;1-16-8-10-17(11-9-16)34-24(37)23-19(28(29,30)31)12-13-20(35-23)18-6-4-7-21-22(18)27(2,3)25(38)36(21)26-32-14-5-15-33-26;1-16-8-10-17(11-9-16)35-24(37)19-14-21(34-15-20(19)28(29,30)31)18-6-4-7-22-23(18)27(2,3)25(38)36(22)26-32-12-5-13-33-26;1-16-7-10-18(11-8-16)34-25(36)20-13-17(9-12-21(20)28(29,30)31)19-5-4-6-22-24(19)27(2,3)26(37)35(22)23-14-32-15-33-23/h5-16H,1-4H3,(H,33,35);4-15H,1-3H3,(H,34,37);4-15H,1-3H3,(H,35,37);4-15H,1-3H3,(H,32,33)(H,34,36). The number of carbonyl (C=O) groups is 8. The molecule has 0 radical (unpaired) electrons. The van der Waals surface area contributed by atoms with Gasteiger partial charge in [-0.3, -0.25) is 48.2 Å². The number of alkyl halides is 9. The Labute approximate surface area is 847 Å². The quantitative estimate of drug-likeness (QED) is 0.0561. The lowest BCUT2D eigenvalue weighted by Gasteiger charge is -2.21. The second-order valence-corrected chi connectivity index (χ2v) is 37.8. The van der Waals surface area contributed by atoms with E-state index in [1.807, 2.05) is 39.8 Å². The van der Waals surface area contributed by atoms with Gasteiger partial charge in [-0.05, 0) is 245 Å². The van der Waals surface area contributed by atoms with Crippen molar-refractivity contribution in [1.82, 2.24) is 49.8 Å². The molecule has 0 saturated carbocycles. The number of halogens is 10. The summed E-state index contributed by atoms with van der Waals surface area (Å²) in [6.45, 7) is 23.3. The van der Waals surface area contributed by atoms with Crippen LogP contribution in [0.3, 0.4) is 0 Å². The minimum absolute atomic E-state index is 0.0314. The van der Waals surface area contributed by atoms with Gasteiger partial charge in [0.25, 0.3) is 23.6 Å². The summed E-state index contributed by atoms with van der Waals surface area (Å²) < 4.78 is 141. The molecule has 4 aliphatic heterocycles. The van der Waals surface area contributed by atoms with Crippen molar-refractivity contribution in [3.8, 4) is 44.8 Å². The van der Waals surface area contributed by atoms with E-state index in [4.69, 9.17) is 0 Å². The molecule has 0 spiro atoms. The third kappa shape index (κ3) is 19.9. The molecule has 16 aromatic rings. The maximum Gasteiger partial charge on any atom is 0.418 e. The van der Waals surface area contributed by atoms with E-state index in [9.17, 15) is 77.9 Å². The Kier molecular flexibility index (Phi) is 27.4. The molecular formula is C113H92F10N18O8. The molecule has 0 aliphatic carbocycles. The Hall–Kier alpha value is -18.0. The highest BCUT2D eigenvalue weighted by Crippen LogP contribution is 2.55. The van der Waals surface area contributed by atoms with E-state index in [2.05, 4.69) is 71.1 Å². The van der Waals surface area contributed by atoms with Gasteiger partial charge in [-0.2, -0.15) is 39.5 Å². The summed E-state index contributed by atoms with van der Waals surface area (Å²) in [5.74, 6) is -3.86. The fourth-order valence-electron chi connectivity index (χ4n) is 18.5. The first-order valence-corrected chi connectivity index (χ1v) is 46.6. The number of anilines is 12. The molecule has 20 rings (SSSR count). The summed E-state index contributed by atoms with van der Waals surface area (Å²) in [5.41, 5.74) is 4.22. The fourth-order valence-corrected chi connectivity index (χ4v) is 18.5. The number of aryl methyl sites for hydroxylation is 5. The van der Waals surface area contributed by atoms with Crippen LogP contribution < -0.4 is 40.9 Å². The molecule has 0 saturated heterocycles. The second-order valence-electron chi connectivity index (χ2n) is 37.8. The lowest BCUT2D eigenvalue weighted by Crippen LogP contribution is -2.34. The number of imidazole rings is 1. The van der Waals surface area contributed by atoms with Crippen LogP contribution in [0.2, 0.25) is 0 Å². The van der Waals surface area contributed by atoms with Crippen LogP contribution in [0.25, 0.3) is 44.8 Å². The van der Waals surface area contributed by atoms with E-state index >= 15 is 4.39 Å². The Morgan fingerprint density at radius 3 is 1.08 bits per heavy atom. The first-order valence-electron chi connectivity index (χ1n) is 46.6. The van der Waals surface area contributed by atoms with Crippen molar-refractivity contribution in [2.75, 3.05) is 40.9 Å². The normalized spacial score (nSPS) is 14.3. The number of carbonyl (C=O) groups excluding carboxylic acids is 8. The lowest BCUT2D eigenvalue weighted by atomic mass is 9.80. The van der Waals surface area contributed by atoms with Crippen molar-refractivity contribution in [2.45, 2.75) is 130 Å². The number of nitrogens with zero attached hydrogens (tertiary/aromatic N) is 13. The molecule has 149 heavy (non-hydrogen) atoms.